The molecule has 2 aromatic rings. The third kappa shape index (κ3) is 5.39. The molecule has 1 fully saturated rings. The molecule has 11 heteroatoms. The molecule has 150 valence electrons. The standard InChI is InChI=1S/C17H20N4O4S3/c1-2-26-17-20-19-16(27-17)18-15(22)8-5-13-3-6-14(7-4-13)28(23,24)21-9-11-25-12-10-21/h3-8H,2,9-12H2,1H3,(H,18,19,22). The summed E-state index contributed by atoms with van der Waals surface area (Å²) in [6.45, 7) is 3.54. The van der Waals surface area contributed by atoms with Gasteiger partial charge in [-0.25, -0.2) is 8.42 Å². The van der Waals surface area contributed by atoms with Gasteiger partial charge in [-0.15, -0.1) is 10.2 Å². The lowest BCUT2D eigenvalue weighted by Gasteiger charge is -2.26. The van der Waals surface area contributed by atoms with E-state index in [1.807, 2.05) is 6.92 Å². The van der Waals surface area contributed by atoms with Gasteiger partial charge in [-0.2, -0.15) is 4.31 Å². The van der Waals surface area contributed by atoms with Gasteiger partial charge in [0.15, 0.2) is 4.34 Å². The van der Waals surface area contributed by atoms with Crippen molar-refractivity contribution in [2.45, 2.75) is 16.2 Å². The van der Waals surface area contributed by atoms with Crippen molar-refractivity contribution in [3.8, 4) is 0 Å². The highest BCUT2D eigenvalue weighted by Crippen LogP contribution is 2.25. The van der Waals surface area contributed by atoms with Gasteiger partial charge < -0.3 is 4.74 Å². The largest absolute Gasteiger partial charge is 0.379 e. The average Bonchev–Trinajstić information content (AvgIpc) is 3.14. The number of ether oxygens (including phenoxy) is 1. The molecule has 8 nitrogen and oxygen atoms in total. The first-order valence-electron chi connectivity index (χ1n) is 8.62. The maximum Gasteiger partial charge on any atom is 0.250 e. The molecule has 0 bridgehead atoms. The zero-order chi connectivity index (χ0) is 20.0. The van der Waals surface area contributed by atoms with E-state index in [0.29, 0.717) is 31.4 Å². The number of carbonyl (C=O) groups excluding carboxylic acids is 1. The van der Waals surface area contributed by atoms with Gasteiger partial charge in [-0.1, -0.05) is 42.2 Å². The van der Waals surface area contributed by atoms with Crippen LogP contribution in [0.25, 0.3) is 6.08 Å². The Kier molecular flexibility index (Phi) is 7.18. The lowest BCUT2D eigenvalue weighted by Crippen LogP contribution is -2.40. The van der Waals surface area contributed by atoms with Gasteiger partial charge in [-0.3, -0.25) is 10.1 Å². The van der Waals surface area contributed by atoms with Crippen molar-refractivity contribution in [1.82, 2.24) is 14.5 Å². The van der Waals surface area contributed by atoms with Crippen molar-refractivity contribution < 1.29 is 17.9 Å². The highest BCUT2D eigenvalue weighted by atomic mass is 32.2. The molecule has 3 rings (SSSR count). The maximum atomic E-state index is 12.6. The van der Waals surface area contributed by atoms with Crippen LogP contribution in [0.3, 0.4) is 0 Å². The van der Waals surface area contributed by atoms with Crippen LogP contribution in [-0.4, -0.2) is 60.9 Å². The normalized spacial score (nSPS) is 15.8. The number of hydrogen-bond acceptors (Lipinski definition) is 8. The Hall–Kier alpha value is -1.79. The molecule has 0 atom stereocenters. The molecular weight excluding hydrogens is 420 g/mol. The third-order valence-electron chi connectivity index (χ3n) is 3.82. The molecule has 0 spiro atoms. The topological polar surface area (TPSA) is 101 Å². The molecule has 1 N–H and O–H groups in total. The summed E-state index contributed by atoms with van der Waals surface area (Å²) >= 11 is 2.88. The monoisotopic (exact) mass is 440 g/mol. The number of rotatable bonds is 7. The minimum absolute atomic E-state index is 0.228. The first-order valence-corrected chi connectivity index (χ1v) is 11.9. The number of thioether (sulfide) groups is 1. The maximum absolute atomic E-state index is 12.6. The summed E-state index contributed by atoms with van der Waals surface area (Å²) in [4.78, 5) is 12.2. The molecule has 1 aromatic carbocycles. The number of nitrogens with zero attached hydrogens (tertiary/aromatic N) is 3. The van der Waals surface area contributed by atoms with Crippen molar-refractivity contribution in [2.24, 2.45) is 0 Å². The zero-order valence-corrected chi connectivity index (χ0v) is 17.6. The Morgan fingerprint density at radius 1 is 1.29 bits per heavy atom. The number of morpholine rings is 1. The van der Waals surface area contributed by atoms with Gasteiger partial charge >= 0.3 is 0 Å². The number of amides is 1. The second-order valence-corrected chi connectivity index (χ2v) is 10.1. The van der Waals surface area contributed by atoms with Gasteiger partial charge in [0, 0.05) is 19.2 Å². The Balaban J connectivity index is 1.60. The zero-order valence-electron chi connectivity index (χ0n) is 15.2. The quantitative estimate of drug-likeness (QED) is 0.400. The highest BCUT2D eigenvalue weighted by molar-refractivity contribution is 8.01. The van der Waals surface area contributed by atoms with Gasteiger partial charge in [0.2, 0.25) is 21.1 Å². The van der Waals surface area contributed by atoms with Crippen LogP contribution in [0, 0.1) is 0 Å². The van der Waals surface area contributed by atoms with Crippen molar-refractivity contribution in [3.63, 3.8) is 0 Å². The number of anilines is 1. The van der Waals surface area contributed by atoms with Gasteiger partial charge in [0.1, 0.15) is 0 Å². The van der Waals surface area contributed by atoms with E-state index in [-0.39, 0.29) is 10.8 Å². The molecule has 1 amide bonds. The Morgan fingerprint density at radius 3 is 2.68 bits per heavy atom. The van der Waals surface area contributed by atoms with Crippen LogP contribution >= 0.6 is 23.1 Å². The minimum atomic E-state index is -3.52. The lowest BCUT2D eigenvalue weighted by molar-refractivity contribution is -0.111. The molecule has 1 aliphatic heterocycles. The molecule has 0 radical (unpaired) electrons. The van der Waals surface area contributed by atoms with E-state index in [9.17, 15) is 13.2 Å². The predicted molar refractivity (Wildman–Crippen MR) is 110 cm³/mol. The summed E-state index contributed by atoms with van der Waals surface area (Å²) in [7, 11) is -3.52. The summed E-state index contributed by atoms with van der Waals surface area (Å²) < 4.78 is 32.6. The molecule has 2 heterocycles. The lowest BCUT2D eigenvalue weighted by atomic mass is 10.2. The number of aromatic nitrogens is 2. The first-order chi connectivity index (χ1) is 13.5. The van der Waals surface area contributed by atoms with Crippen LogP contribution in [-0.2, 0) is 19.6 Å². The molecule has 1 aliphatic rings. The molecule has 28 heavy (non-hydrogen) atoms. The highest BCUT2D eigenvalue weighted by Gasteiger charge is 2.25. The predicted octanol–water partition coefficient (Wildman–Crippen LogP) is 2.32. The Bertz CT molecular complexity index is 936. The van der Waals surface area contributed by atoms with Crippen LogP contribution in [0.2, 0.25) is 0 Å². The fourth-order valence-corrected chi connectivity index (χ4v) is 5.51. The Morgan fingerprint density at radius 2 is 2.00 bits per heavy atom. The molecule has 0 unspecified atom stereocenters. The molecule has 0 saturated carbocycles. The molecule has 1 saturated heterocycles. The molecular formula is C17H20N4O4S3. The average molecular weight is 441 g/mol. The van der Waals surface area contributed by atoms with E-state index < -0.39 is 10.0 Å². The van der Waals surface area contributed by atoms with Crippen molar-refractivity contribution >= 4 is 50.2 Å². The van der Waals surface area contributed by atoms with Crippen LogP contribution in [0.4, 0.5) is 5.13 Å². The van der Waals surface area contributed by atoms with E-state index in [4.69, 9.17) is 4.74 Å². The summed E-state index contributed by atoms with van der Waals surface area (Å²) in [5.74, 6) is 0.564. The minimum Gasteiger partial charge on any atom is -0.379 e. The van der Waals surface area contributed by atoms with Gasteiger partial charge in [-0.05, 0) is 29.5 Å². The summed E-state index contributed by atoms with van der Waals surface area (Å²) in [5, 5.41) is 11.0. The van der Waals surface area contributed by atoms with E-state index >= 15 is 0 Å². The number of nitrogens with one attached hydrogen (secondary N) is 1. The van der Waals surface area contributed by atoms with Crippen LogP contribution in [0.15, 0.2) is 39.6 Å². The van der Waals surface area contributed by atoms with Crippen LogP contribution in [0.1, 0.15) is 12.5 Å². The molecule has 1 aromatic heterocycles. The van der Waals surface area contributed by atoms with Crippen LogP contribution < -0.4 is 5.32 Å². The molecule has 0 aliphatic carbocycles. The number of sulfonamides is 1. The van der Waals surface area contributed by atoms with Gasteiger partial charge in [0.05, 0.1) is 18.1 Å². The SMILES string of the molecule is CCSc1nnc(NC(=O)C=Cc2ccc(S(=O)(=O)N3CCOCC3)cc2)s1. The third-order valence-corrected chi connectivity index (χ3v) is 7.59. The summed E-state index contributed by atoms with van der Waals surface area (Å²) in [6, 6.07) is 6.42. The van der Waals surface area contributed by atoms with Crippen molar-refractivity contribution in [2.75, 3.05) is 37.4 Å². The number of benzene rings is 1. The second kappa shape index (κ2) is 9.61. The van der Waals surface area contributed by atoms with E-state index in [1.54, 1.807) is 42.1 Å². The Labute approximate surface area is 172 Å². The fourth-order valence-electron chi connectivity index (χ4n) is 2.45. The van der Waals surface area contributed by atoms with Crippen LogP contribution in [0.5, 0.6) is 0 Å². The van der Waals surface area contributed by atoms with E-state index in [0.717, 1.165) is 15.7 Å². The summed E-state index contributed by atoms with van der Waals surface area (Å²) in [6.07, 6.45) is 2.99. The number of carbonyl (C=O) groups is 1. The van der Waals surface area contributed by atoms with Gasteiger partial charge in [0.25, 0.3) is 0 Å². The van der Waals surface area contributed by atoms with Crippen molar-refractivity contribution in [3.05, 3.63) is 35.9 Å². The smallest absolute Gasteiger partial charge is 0.250 e. The van der Waals surface area contributed by atoms with Crippen molar-refractivity contribution in [1.29, 1.82) is 0 Å². The first kappa shape index (κ1) is 20.9. The second-order valence-electron chi connectivity index (χ2n) is 5.71. The number of hydrogen-bond donors (Lipinski definition) is 1. The summed E-state index contributed by atoms with van der Waals surface area (Å²) in [5.41, 5.74) is 0.718. The van der Waals surface area contributed by atoms with E-state index in [1.165, 1.54) is 21.7 Å². The van der Waals surface area contributed by atoms with E-state index in [2.05, 4.69) is 15.5 Å². The fraction of sp³-hybridized carbons (Fsp3) is 0.353.